The largest absolute Gasteiger partial charge is 0.487 e. The smallest absolute Gasteiger partial charge is 0.138 e. The molecule has 0 fully saturated rings. The molecule has 2 rings (SSSR count). The normalized spacial score (nSPS) is 10.6. The molecule has 0 saturated heterocycles. The average molecular weight is 260 g/mol. The predicted molar refractivity (Wildman–Crippen MR) is 74.0 cm³/mol. The Morgan fingerprint density at radius 1 is 1.42 bits per heavy atom. The highest BCUT2D eigenvalue weighted by Gasteiger charge is 2.07. The van der Waals surface area contributed by atoms with Crippen LogP contribution in [-0.2, 0) is 13.2 Å². The lowest BCUT2D eigenvalue weighted by Crippen LogP contribution is -2.13. The minimum atomic E-state index is 0.509. The summed E-state index contributed by atoms with van der Waals surface area (Å²) in [5.41, 5.74) is 1.08. The lowest BCUT2D eigenvalue weighted by Gasteiger charge is -2.03. The zero-order valence-electron chi connectivity index (χ0n) is 11.5. The highest BCUT2D eigenvalue weighted by molar-refractivity contribution is 5.22. The van der Waals surface area contributed by atoms with Gasteiger partial charge in [0, 0.05) is 11.8 Å². The molecule has 0 aliphatic carbocycles. The standard InChI is InChI=1S/C15H20N2O2/c1-3-6-16-10-15-8-13(12(2)19-15)11-18-14-5-4-7-17-9-14/h4-5,7-9,16H,3,6,10-11H2,1-2H3. The molecular weight excluding hydrogens is 240 g/mol. The van der Waals surface area contributed by atoms with Crippen molar-refractivity contribution in [2.24, 2.45) is 0 Å². The number of pyridine rings is 1. The van der Waals surface area contributed by atoms with E-state index in [-0.39, 0.29) is 0 Å². The number of hydrogen-bond acceptors (Lipinski definition) is 4. The van der Waals surface area contributed by atoms with Gasteiger partial charge in [0.2, 0.25) is 0 Å². The van der Waals surface area contributed by atoms with Crippen molar-refractivity contribution in [3.63, 3.8) is 0 Å². The zero-order chi connectivity index (χ0) is 13.5. The molecule has 2 aromatic rings. The molecule has 4 heteroatoms. The molecule has 4 nitrogen and oxygen atoms in total. The molecule has 0 spiro atoms. The first-order valence-electron chi connectivity index (χ1n) is 6.61. The van der Waals surface area contributed by atoms with Gasteiger partial charge in [-0.2, -0.15) is 0 Å². The van der Waals surface area contributed by atoms with Gasteiger partial charge in [-0.25, -0.2) is 0 Å². The summed E-state index contributed by atoms with van der Waals surface area (Å²) >= 11 is 0. The van der Waals surface area contributed by atoms with Gasteiger partial charge in [0.05, 0.1) is 12.7 Å². The van der Waals surface area contributed by atoms with Crippen LogP contribution in [-0.4, -0.2) is 11.5 Å². The van der Waals surface area contributed by atoms with Crippen LogP contribution in [0.15, 0.2) is 35.0 Å². The van der Waals surface area contributed by atoms with Crippen LogP contribution >= 0.6 is 0 Å². The number of aryl methyl sites for hydroxylation is 1. The summed E-state index contributed by atoms with van der Waals surface area (Å²) in [5.74, 6) is 2.64. The van der Waals surface area contributed by atoms with Crippen molar-refractivity contribution in [1.29, 1.82) is 0 Å². The number of hydrogen-bond donors (Lipinski definition) is 1. The molecule has 0 saturated carbocycles. The summed E-state index contributed by atoms with van der Waals surface area (Å²) < 4.78 is 11.4. The molecule has 0 aliphatic heterocycles. The van der Waals surface area contributed by atoms with Crippen molar-refractivity contribution in [2.45, 2.75) is 33.4 Å². The van der Waals surface area contributed by atoms with Gasteiger partial charge < -0.3 is 14.5 Å². The Balaban J connectivity index is 1.90. The van der Waals surface area contributed by atoms with Crippen LogP contribution in [0.4, 0.5) is 0 Å². The van der Waals surface area contributed by atoms with Gasteiger partial charge in [0.15, 0.2) is 0 Å². The molecule has 0 bridgehead atoms. The molecule has 2 heterocycles. The SMILES string of the molecule is CCCNCc1cc(COc2cccnc2)c(C)o1. The van der Waals surface area contributed by atoms with E-state index < -0.39 is 0 Å². The lowest BCUT2D eigenvalue weighted by molar-refractivity contribution is 0.302. The third kappa shape index (κ3) is 4.10. The molecule has 0 amide bonds. The molecule has 0 aliphatic rings. The van der Waals surface area contributed by atoms with E-state index in [1.165, 1.54) is 0 Å². The van der Waals surface area contributed by atoms with Crippen LogP contribution in [0.1, 0.15) is 30.4 Å². The van der Waals surface area contributed by atoms with Crippen molar-refractivity contribution in [1.82, 2.24) is 10.3 Å². The Morgan fingerprint density at radius 2 is 2.32 bits per heavy atom. The second kappa shape index (κ2) is 6.95. The van der Waals surface area contributed by atoms with Crippen LogP contribution in [0.3, 0.4) is 0 Å². The molecule has 0 unspecified atom stereocenters. The summed E-state index contributed by atoms with van der Waals surface area (Å²) in [6.07, 6.45) is 4.56. The molecular formula is C15H20N2O2. The summed E-state index contributed by atoms with van der Waals surface area (Å²) in [5, 5.41) is 3.32. The van der Waals surface area contributed by atoms with Crippen molar-refractivity contribution in [2.75, 3.05) is 6.54 Å². The first-order valence-corrected chi connectivity index (χ1v) is 6.61. The van der Waals surface area contributed by atoms with Gasteiger partial charge in [0.25, 0.3) is 0 Å². The molecule has 0 radical (unpaired) electrons. The van der Waals surface area contributed by atoms with Crippen molar-refractivity contribution in [3.05, 3.63) is 47.7 Å². The Bertz CT molecular complexity index is 494. The van der Waals surface area contributed by atoms with E-state index in [9.17, 15) is 0 Å². The second-order valence-electron chi connectivity index (χ2n) is 4.45. The molecule has 102 valence electrons. The lowest BCUT2D eigenvalue weighted by atomic mass is 10.2. The number of nitrogens with one attached hydrogen (secondary N) is 1. The number of rotatable bonds is 7. The fraction of sp³-hybridized carbons (Fsp3) is 0.400. The Morgan fingerprint density at radius 3 is 3.05 bits per heavy atom. The van der Waals surface area contributed by atoms with E-state index in [4.69, 9.17) is 9.15 Å². The maximum absolute atomic E-state index is 5.69. The van der Waals surface area contributed by atoms with Gasteiger partial charge in [-0.15, -0.1) is 0 Å². The van der Waals surface area contributed by atoms with E-state index >= 15 is 0 Å². The highest BCUT2D eigenvalue weighted by Crippen LogP contribution is 2.17. The number of nitrogens with zero attached hydrogens (tertiary/aromatic N) is 1. The number of furan rings is 1. The van der Waals surface area contributed by atoms with E-state index in [2.05, 4.69) is 17.2 Å². The summed E-state index contributed by atoms with van der Waals surface area (Å²) in [6.45, 7) is 6.39. The quantitative estimate of drug-likeness (QED) is 0.777. The number of ether oxygens (including phenoxy) is 1. The molecule has 19 heavy (non-hydrogen) atoms. The Hall–Kier alpha value is -1.81. The minimum absolute atomic E-state index is 0.509. The maximum Gasteiger partial charge on any atom is 0.138 e. The second-order valence-corrected chi connectivity index (χ2v) is 4.45. The predicted octanol–water partition coefficient (Wildman–Crippen LogP) is 3.06. The average Bonchev–Trinajstić information content (AvgIpc) is 2.78. The van der Waals surface area contributed by atoms with Gasteiger partial charge >= 0.3 is 0 Å². The third-order valence-corrected chi connectivity index (χ3v) is 2.83. The first kappa shape index (κ1) is 13.6. The van der Waals surface area contributed by atoms with E-state index in [0.29, 0.717) is 6.61 Å². The minimum Gasteiger partial charge on any atom is -0.487 e. The van der Waals surface area contributed by atoms with E-state index in [1.54, 1.807) is 12.4 Å². The van der Waals surface area contributed by atoms with Gasteiger partial charge in [-0.3, -0.25) is 4.98 Å². The molecule has 1 N–H and O–H groups in total. The summed E-state index contributed by atoms with van der Waals surface area (Å²) in [4.78, 5) is 4.02. The van der Waals surface area contributed by atoms with Crippen molar-refractivity contribution >= 4 is 0 Å². The van der Waals surface area contributed by atoms with Crippen LogP contribution in [0, 0.1) is 6.92 Å². The summed E-state index contributed by atoms with van der Waals surface area (Å²) in [6, 6.07) is 5.80. The van der Waals surface area contributed by atoms with Crippen LogP contribution < -0.4 is 10.1 Å². The van der Waals surface area contributed by atoms with Crippen molar-refractivity contribution in [3.8, 4) is 5.75 Å². The van der Waals surface area contributed by atoms with Crippen molar-refractivity contribution < 1.29 is 9.15 Å². The van der Waals surface area contributed by atoms with Crippen LogP contribution in [0.5, 0.6) is 5.75 Å². The Labute approximate surface area is 113 Å². The monoisotopic (exact) mass is 260 g/mol. The van der Waals surface area contributed by atoms with E-state index in [0.717, 1.165) is 42.3 Å². The fourth-order valence-corrected chi connectivity index (χ4v) is 1.80. The third-order valence-electron chi connectivity index (χ3n) is 2.83. The number of aromatic nitrogens is 1. The van der Waals surface area contributed by atoms with Gasteiger partial charge in [-0.1, -0.05) is 6.92 Å². The molecule has 0 aromatic carbocycles. The molecule has 0 atom stereocenters. The van der Waals surface area contributed by atoms with E-state index in [1.807, 2.05) is 25.1 Å². The van der Waals surface area contributed by atoms with Gasteiger partial charge in [0.1, 0.15) is 23.9 Å². The first-order chi connectivity index (χ1) is 9.29. The van der Waals surface area contributed by atoms with Crippen LogP contribution in [0.2, 0.25) is 0 Å². The topological polar surface area (TPSA) is 47.3 Å². The van der Waals surface area contributed by atoms with Gasteiger partial charge in [-0.05, 0) is 38.1 Å². The highest BCUT2D eigenvalue weighted by atomic mass is 16.5. The Kier molecular flexibility index (Phi) is 4.98. The zero-order valence-corrected chi connectivity index (χ0v) is 11.5. The maximum atomic E-state index is 5.69. The summed E-state index contributed by atoms with van der Waals surface area (Å²) in [7, 11) is 0. The molecule has 2 aromatic heterocycles. The fourth-order valence-electron chi connectivity index (χ4n) is 1.80. The van der Waals surface area contributed by atoms with Crippen LogP contribution in [0.25, 0.3) is 0 Å².